The lowest BCUT2D eigenvalue weighted by molar-refractivity contribution is 0.425. The third kappa shape index (κ3) is 2.44. The molecule has 1 N–H and O–H groups in total. The van der Waals surface area contributed by atoms with Gasteiger partial charge in [-0.1, -0.05) is 59.1 Å². The molecule has 0 radical (unpaired) electrons. The SMILES string of the molecule is Fc1ccc(C2Nc3c(Cl)cc(Cl)c(Cl)c3C3C=CCC32)cc1. The summed E-state index contributed by atoms with van der Waals surface area (Å²) in [6.07, 6.45) is 5.26. The molecule has 1 heterocycles. The van der Waals surface area contributed by atoms with E-state index in [-0.39, 0.29) is 17.8 Å². The van der Waals surface area contributed by atoms with Crippen LogP contribution >= 0.6 is 34.8 Å². The fraction of sp³-hybridized carbons (Fsp3) is 0.222. The van der Waals surface area contributed by atoms with E-state index < -0.39 is 0 Å². The van der Waals surface area contributed by atoms with Gasteiger partial charge >= 0.3 is 0 Å². The van der Waals surface area contributed by atoms with Crippen molar-refractivity contribution in [1.29, 1.82) is 0 Å². The van der Waals surface area contributed by atoms with Gasteiger partial charge in [0.15, 0.2) is 0 Å². The van der Waals surface area contributed by atoms with Gasteiger partial charge in [0.25, 0.3) is 0 Å². The van der Waals surface area contributed by atoms with Gasteiger partial charge in [-0.15, -0.1) is 0 Å². The van der Waals surface area contributed by atoms with Crippen LogP contribution in [0, 0.1) is 11.7 Å². The van der Waals surface area contributed by atoms with E-state index in [1.807, 2.05) is 12.1 Å². The molecule has 2 aromatic carbocycles. The zero-order valence-electron chi connectivity index (χ0n) is 12.0. The Morgan fingerprint density at radius 2 is 1.78 bits per heavy atom. The van der Waals surface area contributed by atoms with E-state index in [0.29, 0.717) is 21.0 Å². The number of benzene rings is 2. The third-order valence-electron chi connectivity index (χ3n) is 4.71. The first kappa shape index (κ1) is 15.3. The smallest absolute Gasteiger partial charge is 0.123 e. The molecule has 23 heavy (non-hydrogen) atoms. The lowest BCUT2D eigenvalue weighted by atomic mass is 9.77. The van der Waals surface area contributed by atoms with Crippen molar-refractivity contribution in [3.05, 3.63) is 74.5 Å². The molecule has 3 atom stereocenters. The largest absolute Gasteiger partial charge is 0.376 e. The van der Waals surface area contributed by atoms with Crippen molar-refractivity contribution in [2.75, 3.05) is 5.32 Å². The van der Waals surface area contributed by atoms with Crippen LogP contribution in [0.25, 0.3) is 0 Å². The Balaban J connectivity index is 1.86. The second-order valence-electron chi connectivity index (χ2n) is 5.97. The van der Waals surface area contributed by atoms with E-state index in [4.69, 9.17) is 34.8 Å². The average Bonchev–Trinajstić information content (AvgIpc) is 3.02. The third-order valence-corrected chi connectivity index (χ3v) is 5.81. The summed E-state index contributed by atoms with van der Waals surface area (Å²) in [5, 5.41) is 5.08. The van der Waals surface area contributed by atoms with E-state index >= 15 is 0 Å². The molecule has 0 spiro atoms. The number of anilines is 1. The van der Waals surface area contributed by atoms with Crippen molar-refractivity contribution < 1.29 is 4.39 Å². The number of halogens is 4. The Kier molecular flexibility index (Phi) is 3.79. The van der Waals surface area contributed by atoms with Crippen molar-refractivity contribution in [3.8, 4) is 0 Å². The lowest BCUT2D eigenvalue weighted by Gasteiger charge is -2.38. The first-order valence-corrected chi connectivity index (χ1v) is 8.55. The predicted octanol–water partition coefficient (Wildman–Crippen LogP) is 6.61. The highest BCUT2D eigenvalue weighted by atomic mass is 35.5. The van der Waals surface area contributed by atoms with Gasteiger partial charge in [0, 0.05) is 11.5 Å². The summed E-state index contributed by atoms with van der Waals surface area (Å²) in [4.78, 5) is 0. The number of fused-ring (bicyclic) bond motifs is 3. The molecule has 1 nitrogen and oxygen atoms in total. The zero-order chi connectivity index (χ0) is 16.1. The van der Waals surface area contributed by atoms with Crippen molar-refractivity contribution in [1.82, 2.24) is 0 Å². The molecule has 118 valence electrons. The molecule has 0 saturated carbocycles. The second-order valence-corrected chi connectivity index (χ2v) is 7.16. The Morgan fingerprint density at radius 1 is 1.04 bits per heavy atom. The molecule has 0 amide bonds. The van der Waals surface area contributed by atoms with Gasteiger partial charge in [0.05, 0.1) is 26.8 Å². The van der Waals surface area contributed by atoms with Crippen LogP contribution in [-0.4, -0.2) is 0 Å². The fourth-order valence-electron chi connectivity index (χ4n) is 3.66. The van der Waals surface area contributed by atoms with Crippen LogP contribution in [0.5, 0.6) is 0 Å². The molecule has 4 rings (SSSR count). The summed E-state index contributed by atoms with van der Waals surface area (Å²) in [7, 11) is 0. The van der Waals surface area contributed by atoms with Crippen molar-refractivity contribution >= 4 is 40.5 Å². The summed E-state index contributed by atoms with van der Waals surface area (Å²) < 4.78 is 13.2. The minimum atomic E-state index is -0.237. The van der Waals surface area contributed by atoms with Crippen molar-refractivity contribution in [2.24, 2.45) is 5.92 Å². The van der Waals surface area contributed by atoms with Crippen LogP contribution in [0.15, 0.2) is 42.5 Å². The van der Waals surface area contributed by atoms with Crippen LogP contribution in [0.3, 0.4) is 0 Å². The summed E-state index contributed by atoms with van der Waals surface area (Å²) in [5.41, 5.74) is 2.82. The number of nitrogens with one attached hydrogen (secondary N) is 1. The summed E-state index contributed by atoms with van der Waals surface area (Å²) in [6.45, 7) is 0. The van der Waals surface area contributed by atoms with Crippen molar-refractivity contribution in [3.63, 3.8) is 0 Å². The van der Waals surface area contributed by atoms with Crippen molar-refractivity contribution in [2.45, 2.75) is 18.4 Å². The van der Waals surface area contributed by atoms with Gasteiger partial charge in [-0.25, -0.2) is 4.39 Å². The maximum absolute atomic E-state index is 13.2. The molecule has 3 unspecified atom stereocenters. The number of rotatable bonds is 1. The Hall–Kier alpha value is -1.22. The molecule has 1 aliphatic carbocycles. The van der Waals surface area contributed by atoms with Crippen LogP contribution in [0.4, 0.5) is 10.1 Å². The van der Waals surface area contributed by atoms with E-state index in [2.05, 4.69) is 17.5 Å². The van der Waals surface area contributed by atoms with Crippen LogP contribution < -0.4 is 5.32 Å². The molecule has 0 aromatic heterocycles. The van der Waals surface area contributed by atoms with Gasteiger partial charge in [-0.2, -0.15) is 0 Å². The molecule has 5 heteroatoms. The highest BCUT2D eigenvalue weighted by Gasteiger charge is 2.40. The van der Waals surface area contributed by atoms with Gasteiger partial charge in [-0.3, -0.25) is 0 Å². The predicted molar refractivity (Wildman–Crippen MR) is 94.2 cm³/mol. The minimum Gasteiger partial charge on any atom is -0.376 e. The highest BCUT2D eigenvalue weighted by Crippen LogP contribution is 2.54. The standard InChI is InChI=1S/C18H13Cl3FN/c19-13-8-14(20)18-15(16(13)21)11-2-1-3-12(11)17(23-18)9-4-6-10(22)7-5-9/h1-2,4-8,11-12,17,23H,3H2. The fourth-order valence-corrected chi connectivity index (χ4v) is 4.47. The molecule has 0 saturated heterocycles. The summed E-state index contributed by atoms with van der Waals surface area (Å²) >= 11 is 19.1. The molecular weight excluding hydrogens is 356 g/mol. The average molecular weight is 369 g/mol. The Bertz CT molecular complexity index is 801. The number of allylic oxidation sites excluding steroid dienone is 2. The van der Waals surface area contributed by atoms with Crippen LogP contribution in [-0.2, 0) is 0 Å². The van der Waals surface area contributed by atoms with Crippen LogP contribution in [0.1, 0.15) is 29.5 Å². The van der Waals surface area contributed by atoms with E-state index in [0.717, 1.165) is 23.2 Å². The second kappa shape index (κ2) is 5.70. The molecule has 2 aromatic rings. The Labute approximate surface area is 149 Å². The monoisotopic (exact) mass is 367 g/mol. The lowest BCUT2D eigenvalue weighted by Crippen LogP contribution is -2.29. The molecule has 2 aliphatic rings. The quantitative estimate of drug-likeness (QED) is 0.441. The molecular formula is C18H13Cl3FN. The van der Waals surface area contributed by atoms with Crippen LogP contribution in [0.2, 0.25) is 15.1 Å². The number of hydrogen-bond donors (Lipinski definition) is 1. The maximum Gasteiger partial charge on any atom is 0.123 e. The Morgan fingerprint density at radius 3 is 2.52 bits per heavy atom. The molecule has 1 aliphatic heterocycles. The topological polar surface area (TPSA) is 12.0 Å². The normalized spacial score (nSPS) is 25.0. The highest BCUT2D eigenvalue weighted by molar-refractivity contribution is 6.44. The van der Waals surface area contributed by atoms with Gasteiger partial charge in [0.2, 0.25) is 0 Å². The summed E-state index contributed by atoms with van der Waals surface area (Å²) in [5.74, 6) is 0.226. The summed E-state index contributed by atoms with van der Waals surface area (Å²) in [6, 6.07) is 8.33. The molecule has 0 bridgehead atoms. The zero-order valence-corrected chi connectivity index (χ0v) is 14.3. The number of hydrogen-bond acceptors (Lipinski definition) is 1. The molecule has 0 fully saturated rings. The van der Waals surface area contributed by atoms with E-state index in [1.54, 1.807) is 6.07 Å². The van der Waals surface area contributed by atoms with E-state index in [1.165, 1.54) is 12.1 Å². The van der Waals surface area contributed by atoms with Gasteiger partial charge in [-0.05, 0) is 36.1 Å². The first-order valence-electron chi connectivity index (χ1n) is 7.42. The van der Waals surface area contributed by atoms with Gasteiger partial charge in [0.1, 0.15) is 5.82 Å². The minimum absolute atomic E-state index is 0.0536. The first-order chi connectivity index (χ1) is 11.1. The maximum atomic E-state index is 13.2. The van der Waals surface area contributed by atoms with E-state index in [9.17, 15) is 4.39 Å². The van der Waals surface area contributed by atoms with Gasteiger partial charge < -0.3 is 5.32 Å².